The van der Waals surface area contributed by atoms with E-state index in [0.717, 1.165) is 18.1 Å². The van der Waals surface area contributed by atoms with Gasteiger partial charge in [0, 0.05) is 17.4 Å². The first kappa shape index (κ1) is 20.0. The van der Waals surface area contributed by atoms with Crippen LogP contribution in [0.25, 0.3) is 0 Å². The van der Waals surface area contributed by atoms with Crippen LogP contribution in [0.3, 0.4) is 0 Å². The molecule has 0 bridgehead atoms. The molecule has 120 valence electrons. The van der Waals surface area contributed by atoms with E-state index in [1.165, 1.54) is 18.6 Å². The number of nitrogens with two attached hydrogens (primary N) is 1. The SMILES string of the molecule is NC(CO)(CO)CO.O=C(O)CCCCC1CCSS1. The second-order valence-corrected chi connectivity index (χ2v) is 7.59. The van der Waals surface area contributed by atoms with Gasteiger partial charge < -0.3 is 26.2 Å². The zero-order chi connectivity index (χ0) is 15.4. The lowest BCUT2D eigenvalue weighted by atomic mass is 10.1. The minimum atomic E-state index is -1.21. The first-order chi connectivity index (χ1) is 9.47. The molecule has 0 aromatic heterocycles. The zero-order valence-corrected chi connectivity index (χ0v) is 13.2. The summed E-state index contributed by atoms with van der Waals surface area (Å²) in [4.78, 5) is 10.2. The van der Waals surface area contributed by atoms with Crippen LogP contribution in [0.15, 0.2) is 0 Å². The molecule has 1 aliphatic rings. The Hall–Kier alpha value is 0.0100. The lowest BCUT2D eigenvalue weighted by Crippen LogP contribution is -2.50. The van der Waals surface area contributed by atoms with E-state index in [2.05, 4.69) is 0 Å². The molecule has 6 nitrogen and oxygen atoms in total. The molecular weight excluding hydrogens is 302 g/mol. The van der Waals surface area contributed by atoms with Crippen LogP contribution in [-0.2, 0) is 4.79 Å². The van der Waals surface area contributed by atoms with Gasteiger partial charge in [-0.3, -0.25) is 4.79 Å². The molecular formula is C12H25NO5S2. The molecule has 0 aromatic rings. The molecule has 0 aliphatic carbocycles. The van der Waals surface area contributed by atoms with Crippen LogP contribution >= 0.6 is 21.6 Å². The Morgan fingerprint density at radius 2 is 1.80 bits per heavy atom. The average Bonchev–Trinajstić information content (AvgIpc) is 2.96. The molecule has 0 amide bonds. The summed E-state index contributed by atoms with van der Waals surface area (Å²) in [6.45, 7) is -1.21. The second kappa shape index (κ2) is 11.6. The van der Waals surface area contributed by atoms with Gasteiger partial charge in [-0.2, -0.15) is 0 Å². The van der Waals surface area contributed by atoms with Crippen molar-refractivity contribution in [3.8, 4) is 0 Å². The maximum Gasteiger partial charge on any atom is 0.303 e. The van der Waals surface area contributed by atoms with Crippen molar-refractivity contribution in [2.45, 2.75) is 42.9 Å². The van der Waals surface area contributed by atoms with Crippen molar-refractivity contribution < 1.29 is 25.2 Å². The Bertz CT molecular complexity index is 250. The van der Waals surface area contributed by atoms with Gasteiger partial charge in [0.05, 0.1) is 25.4 Å². The van der Waals surface area contributed by atoms with Gasteiger partial charge in [0.15, 0.2) is 0 Å². The Morgan fingerprint density at radius 1 is 1.20 bits per heavy atom. The molecule has 8 heteroatoms. The Labute approximate surface area is 127 Å². The topological polar surface area (TPSA) is 124 Å². The normalized spacial score (nSPS) is 18.5. The predicted molar refractivity (Wildman–Crippen MR) is 82.7 cm³/mol. The van der Waals surface area contributed by atoms with E-state index in [-0.39, 0.29) is 0 Å². The Kier molecular flexibility index (Phi) is 11.7. The summed E-state index contributed by atoms with van der Waals surface area (Å²) in [5.41, 5.74) is 3.94. The third kappa shape index (κ3) is 9.84. The lowest BCUT2D eigenvalue weighted by Gasteiger charge is -2.20. The molecule has 0 spiro atoms. The van der Waals surface area contributed by atoms with E-state index in [1.54, 1.807) is 0 Å². The lowest BCUT2D eigenvalue weighted by molar-refractivity contribution is -0.137. The highest BCUT2D eigenvalue weighted by Crippen LogP contribution is 2.39. The minimum absolute atomic E-state index is 0.338. The molecule has 0 radical (unpaired) electrons. The summed E-state index contributed by atoms with van der Waals surface area (Å²) in [7, 11) is 3.92. The van der Waals surface area contributed by atoms with E-state index < -0.39 is 31.3 Å². The Morgan fingerprint density at radius 3 is 2.15 bits per heavy atom. The molecule has 1 saturated heterocycles. The second-order valence-electron chi connectivity index (χ2n) is 4.81. The summed E-state index contributed by atoms with van der Waals surface area (Å²) in [5.74, 6) is 0.609. The van der Waals surface area contributed by atoms with E-state index in [9.17, 15) is 4.79 Å². The minimum Gasteiger partial charge on any atom is -0.481 e. The molecule has 1 heterocycles. The molecule has 1 aliphatic heterocycles. The third-order valence-corrected chi connectivity index (χ3v) is 5.85. The number of aliphatic hydroxyl groups is 3. The van der Waals surface area contributed by atoms with Crippen molar-refractivity contribution >= 4 is 27.6 Å². The number of carbonyl (C=O) groups is 1. The number of carboxylic acid groups (broad SMARTS) is 1. The van der Waals surface area contributed by atoms with Gasteiger partial charge in [0.25, 0.3) is 0 Å². The summed E-state index contributed by atoms with van der Waals surface area (Å²) in [6, 6.07) is 0. The van der Waals surface area contributed by atoms with Crippen LogP contribution < -0.4 is 5.73 Å². The van der Waals surface area contributed by atoms with Crippen molar-refractivity contribution in [3.05, 3.63) is 0 Å². The first-order valence-electron chi connectivity index (χ1n) is 6.59. The molecule has 1 unspecified atom stereocenters. The number of hydrogen-bond acceptors (Lipinski definition) is 7. The zero-order valence-electron chi connectivity index (χ0n) is 11.5. The third-order valence-electron chi connectivity index (χ3n) is 2.84. The van der Waals surface area contributed by atoms with Crippen molar-refractivity contribution in [3.63, 3.8) is 0 Å². The van der Waals surface area contributed by atoms with Gasteiger partial charge in [0.2, 0.25) is 0 Å². The van der Waals surface area contributed by atoms with Crippen molar-refractivity contribution in [2.24, 2.45) is 5.73 Å². The number of aliphatic hydroxyl groups excluding tert-OH is 3. The molecule has 0 saturated carbocycles. The van der Waals surface area contributed by atoms with E-state index in [0.29, 0.717) is 6.42 Å². The van der Waals surface area contributed by atoms with Gasteiger partial charge in [-0.25, -0.2) is 0 Å². The quantitative estimate of drug-likeness (QED) is 0.321. The average molecular weight is 327 g/mol. The van der Waals surface area contributed by atoms with Crippen LogP contribution in [0.1, 0.15) is 32.1 Å². The molecule has 0 aromatic carbocycles. The predicted octanol–water partition coefficient (Wildman–Crippen LogP) is 0.446. The fourth-order valence-electron chi connectivity index (χ4n) is 1.36. The highest BCUT2D eigenvalue weighted by molar-refractivity contribution is 8.77. The highest BCUT2D eigenvalue weighted by atomic mass is 33.1. The van der Waals surface area contributed by atoms with Crippen LogP contribution in [-0.4, -0.2) is 62.8 Å². The highest BCUT2D eigenvalue weighted by Gasteiger charge is 2.20. The summed E-state index contributed by atoms with van der Waals surface area (Å²) >= 11 is 0. The number of rotatable bonds is 8. The van der Waals surface area contributed by atoms with Gasteiger partial charge in [-0.15, -0.1) is 0 Å². The molecule has 1 fully saturated rings. The van der Waals surface area contributed by atoms with Crippen LogP contribution in [0.2, 0.25) is 0 Å². The van der Waals surface area contributed by atoms with Gasteiger partial charge in [-0.05, 0) is 19.3 Å². The van der Waals surface area contributed by atoms with Crippen molar-refractivity contribution in [1.82, 2.24) is 0 Å². The van der Waals surface area contributed by atoms with Gasteiger partial charge >= 0.3 is 5.97 Å². The molecule has 20 heavy (non-hydrogen) atoms. The van der Waals surface area contributed by atoms with Gasteiger partial charge in [0.1, 0.15) is 0 Å². The van der Waals surface area contributed by atoms with E-state index in [1.807, 2.05) is 21.6 Å². The number of hydrogen-bond donors (Lipinski definition) is 5. The summed E-state index contributed by atoms with van der Waals surface area (Å²) in [6.07, 6.45) is 4.76. The van der Waals surface area contributed by atoms with Crippen LogP contribution in [0.4, 0.5) is 0 Å². The Balaban J connectivity index is 0.000000396. The number of aliphatic carboxylic acids is 1. The fraction of sp³-hybridized carbons (Fsp3) is 0.917. The van der Waals surface area contributed by atoms with Gasteiger partial charge in [-0.1, -0.05) is 28.0 Å². The molecule has 1 rings (SSSR count). The largest absolute Gasteiger partial charge is 0.481 e. The number of unbranched alkanes of at least 4 members (excludes halogenated alkanes) is 1. The maximum atomic E-state index is 10.2. The summed E-state index contributed by atoms with van der Waals surface area (Å²) in [5, 5.41) is 34.2. The summed E-state index contributed by atoms with van der Waals surface area (Å²) < 4.78 is 0. The number of carboxylic acids is 1. The van der Waals surface area contributed by atoms with E-state index in [4.69, 9.17) is 26.2 Å². The van der Waals surface area contributed by atoms with Crippen molar-refractivity contribution in [1.29, 1.82) is 0 Å². The fourth-order valence-corrected chi connectivity index (χ4v) is 4.39. The monoisotopic (exact) mass is 327 g/mol. The first-order valence-corrected chi connectivity index (χ1v) is 8.97. The van der Waals surface area contributed by atoms with E-state index >= 15 is 0 Å². The van der Waals surface area contributed by atoms with Crippen molar-refractivity contribution in [2.75, 3.05) is 25.6 Å². The van der Waals surface area contributed by atoms with Crippen LogP contribution in [0, 0.1) is 0 Å². The molecule has 1 atom stereocenters. The molecule has 6 N–H and O–H groups in total. The smallest absolute Gasteiger partial charge is 0.303 e. The van der Waals surface area contributed by atoms with Crippen LogP contribution in [0.5, 0.6) is 0 Å². The maximum absolute atomic E-state index is 10.2. The standard InChI is InChI=1S/C8H14O2S2.C4H11NO3/c9-8(10)4-2-1-3-7-5-6-11-12-7;5-4(1-6,2-7)3-8/h7H,1-6H2,(H,9,10);6-8H,1-3,5H2.